The molecular weight excluding hydrogens is 418 g/mol. The van der Waals surface area contributed by atoms with Gasteiger partial charge in [-0.1, -0.05) is 0 Å². The summed E-state index contributed by atoms with van der Waals surface area (Å²) < 4.78 is 15.7. The average Bonchev–Trinajstić information content (AvgIpc) is 3.26. The molecule has 0 aliphatic rings. The Balaban J connectivity index is 1.41. The van der Waals surface area contributed by atoms with Crippen LogP contribution in [0.15, 0.2) is 59.5 Å². The van der Waals surface area contributed by atoms with E-state index >= 15 is 0 Å². The molecule has 0 radical (unpaired) electrons. The molecule has 0 aliphatic carbocycles. The molecule has 1 amide bonds. The quantitative estimate of drug-likeness (QED) is 0.423. The number of benzene rings is 1. The first kappa shape index (κ1) is 20.7. The van der Waals surface area contributed by atoms with E-state index in [4.69, 9.17) is 14.6 Å². The number of aromatic nitrogens is 4. The first-order valence-corrected chi connectivity index (χ1v) is 9.47. The van der Waals surface area contributed by atoms with Gasteiger partial charge in [0.2, 0.25) is 5.88 Å². The lowest BCUT2D eigenvalue weighted by Gasteiger charge is -2.11. The number of nitrogens with zero attached hydrogens (tertiary/aromatic N) is 4. The highest BCUT2D eigenvalue weighted by Gasteiger charge is 2.16. The molecular formula is C21H17N5O6. The van der Waals surface area contributed by atoms with Crippen molar-refractivity contribution in [1.29, 1.82) is 0 Å². The van der Waals surface area contributed by atoms with E-state index < -0.39 is 18.0 Å². The Bertz CT molecular complexity index is 1260. The van der Waals surface area contributed by atoms with Gasteiger partial charge in [-0.25, -0.2) is 14.4 Å². The van der Waals surface area contributed by atoms with Gasteiger partial charge >= 0.3 is 5.97 Å². The molecule has 1 unspecified atom stereocenters. The topological polar surface area (TPSA) is 150 Å². The maximum Gasteiger partial charge on any atom is 0.344 e. The standard InChI is InChI=1S/C21H17N5O6/c1-12(21(28)29)30-15-5-4-13(23-11-15)10-24-19(27)16-3-2-8-22-20(16)31-14-6-7-17-18(9-14)26-32-25-17/h2-9,11-12H,10H2,1H3,(H,24,27)(H,28,29). The number of carboxylic acid groups (broad SMARTS) is 1. The highest BCUT2D eigenvalue weighted by atomic mass is 16.6. The Morgan fingerprint density at radius 2 is 1.91 bits per heavy atom. The first-order chi connectivity index (χ1) is 15.5. The number of carbonyl (C=O) groups is 2. The van der Waals surface area contributed by atoms with Gasteiger partial charge in [-0.05, 0) is 53.6 Å². The summed E-state index contributed by atoms with van der Waals surface area (Å²) in [7, 11) is 0. The van der Waals surface area contributed by atoms with Crippen LogP contribution in [0.2, 0.25) is 0 Å². The van der Waals surface area contributed by atoms with Crippen LogP contribution in [0.3, 0.4) is 0 Å². The van der Waals surface area contributed by atoms with E-state index in [1.807, 2.05) is 0 Å². The second-order valence-corrected chi connectivity index (χ2v) is 6.64. The van der Waals surface area contributed by atoms with Crippen molar-refractivity contribution < 1.29 is 28.8 Å². The van der Waals surface area contributed by atoms with Crippen LogP contribution in [-0.2, 0) is 11.3 Å². The van der Waals surface area contributed by atoms with Gasteiger partial charge in [0, 0.05) is 12.3 Å². The smallest absolute Gasteiger partial charge is 0.344 e. The van der Waals surface area contributed by atoms with Gasteiger partial charge in [0.1, 0.15) is 28.1 Å². The molecule has 0 bridgehead atoms. The number of fused-ring (bicyclic) bond motifs is 1. The van der Waals surface area contributed by atoms with Crippen LogP contribution >= 0.6 is 0 Å². The van der Waals surface area contributed by atoms with E-state index in [1.54, 1.807) is 42.5 Å². The third-order valence-corrected chi connectivity index (χ3v) is 4.34. The molecule has 162 valence electrons. The second kappa shape index (κ2) is 9.08. The Morgan fingerprint density at radius 3 is 2.69 bits per heavy atom. The number of ether oxygens (including phenoxy) is 2. The molecule has 1 aromatic carbocycles. The number of amides is 1. The van der Waals surface area contributed by atoms with Gasteiger partial charge in [-0.3, -0.25) is 9.78 Å². The van der Waals surface area contributed by atoms with Crippen molar-refractivity contribution >= 4 is 22.9 Å². The van der Waals surface area contributed by atoms with Crippen LogP contribution in [-0.4, -0.2) is 43.4 Å². The molecule has 11 nitrogen and oxygen atoms in total. The molecule has 1 atom stereocenters. The molecule has 11 heteroatoms. The zero-order chi connectivity index (χ0) is 22.5. The number of nitrogens with one attached hydrogen (secondary N) is 1. The van der Waals surface area contributed by atoms with Crippen LogP contribution in [0, 0.1) is 0 Å². The van der Waals surface area contributed by atoms with E-state index in [0.29, 0.717) is 28.2 Å². The zero-order valence-corrected chi connectivity index (χ0v) is 16.8. The lowest BCUT2D eigenvalue weighted by Crippen LogP contribution is -2.24. The maximum absolute atomic E-state index is 12.7. The summed E-state index contributed by atoms with van der Waals surface area (Å²) in [5, 5.41) is 19.1. The fourth-order valence-electron chi connectivity index (χ4n) is 2.69. The van der Waals surface area contributed by atoms with E-state index in [-0.39, 0.29) is 18.0 Å². The van der Waals surface area contributed by atoms with Crippen LogP contribution in [0.25, 0.3) is 11.0 Å². The minimum absolute atomic E-state index is 0.125. The molecule has 0 saturated heterocycles. The third-order valence-electron chi connectivity index (χ3n) is 4.34. The number of carbonyl (C=O) groups excluding carboxylic acids is 1. The van der Waals surface area contributed by atoms with Crippen LogP contribution in [0.5, 0.6) is 17.4 Å². The fourth-order valence-corrected chi connectivity index (χ4v) is 2.69. The highest BCUT2D eigenvalue weighted by molar-refractivity contribution is 5.96. The SMILES string of the molecule is CC(Oc1ccc(CNC(=O)c2cccnc2Oc2ccc3nonc3c2)nc1)C(=O)O. The van der Waals surface area contributed by atoms with Gasteiger partial charge in [0.05, 0.1) is 18.4 Å². The van der Waals surface area contributed by atoms with E-state index in [9.17, 15) is 9.59 Å². The van der Waals surface area contributed by atoms with Crippen molar-refractivity contribution in [3.63, 3.8) is 0 Å². The second-order valence-electron chi connectivity index (χ2n) is 6.64. The van der Waals surface area contributed by atoms with Crippen molar-refractivity contribution in [2.45, 2.75) is 19.6 Å². The number of pyridine rings is 2. The summed E-state index contributed by atoms with van der Waals surface area (Å²) in [6.45, 7) is 1.56. The Kier molecular flexibility index (Phi) is 5.88. The molecule has 4 rings (SSSR count). The van der Waals surface area contributed by atoms with Gasteiger partial charge in [0.15, 0.2) is 6.10 Å². The molecule has 0 fully saturated rings. The lowest BCUT2D eigenvalue weighted by atomic mass is 10.2. The number of carboxylic acids is 1. The number of aliphatic carboxylic acids is 1. The third kappa shape index (κ3) is 4.78. The summed E-state index contributed by atoms with van der Waals surface area (Å²) in [4.78, 5) is 31.9. The Morgan fingerprint density at radius 1 is 1.09 bits per heavy atom. The predicted octanol–water partition coefficient (Wildman–Crippen LogP) is 2.59. The van der Waals surface area contributed by atoms with Crippen molar-refractivity contribution in [3.8, 4) is 17.4 Å². The van der Waals surface area contributed by atoms with Crippen LogP contribution < -0.4 is 14.8 Å². The first-order valence-electron chi connectivity index (χ1n) is 9.47. The average molecular weight is 435 g/mol. The number of hydrogen-bond donors (Lipinski definition) is 2. The van der Waals surface area contributed by atoms with E-state index in [1.165, 1.54) is 19.3 Å². The van der Waals surface area contributed by atoms with Gasteiger partial charge in [-0.2, -0.15) is 0 Å². The Labute approximate surface area is 181 Å². The molecule has 0 spiro atoms. The normalized spacial score (nSPS) is 11.7. The van der Waals surface area contributed by atoms with Gasteiger partial charge in [0.25, 0.3) is 5.91 Å². The fraction of sp³-hybridized carbons (Fsp3) is 0.143. The summed E-state index contributed by atoms with van der Waals surface area (Å²) in [5.74, 6) is -0.612. The minimum Gasteiger partial charge on any atom is -0.479 e. The molecule has 0 saturated carbocycles. The summed E-state index contributed by atoms with van der Waals surface area (Å²) in [6, 6.07) is 11.4. The monoisotopic (exact) mass is 435 g/mol. The molecule has 2 N–H and O–H groups in total. The minimum atomic E-state index is -1.08. The van der Waals surface area contributed by atoms with E-state index in [0.717, 1.165) is 0 Å². The van der Waals surface area contributed by atoms with Crippen molar-refractivity contribution in [2.24, 2.45) is 0 Å². The summed E-state index contributed by atoms with van der Waals surface area (Å²) in [6.07, 6.45) is 1.92. The van der Waals surface area contributed by atoms with Crippen LogP contribution in [0.4, 0.5) is 0 Å². The molecule has 4 aromatic rings. The van der Waals surface area contributed by atoms with Gasteiger partial charge < -0.3 is 19.9 Å². The van der Waals surface area contributed by atoms with Crippen molar-refractivity contribution in [3.05, 3.63) is 66.1 Å². The van der Waals surface area contributed by atoms with Crippen molar-refractivity contribution in [1.82, 2.24) is 25.6 Å². The van der Waals surface area contributed by atoms with Crippen LogP contribution in [0.1, 0.15) is 23.0 Å². The molecule has 3 heterocycles. The Hall–Kier alpha value is -4.54. The lowest BCUT2D eigenvalue weighted by molar-refractivity contribution is -0.144. The summed E-state index contributed by atoms with van der Waals surface area (Å²) in [5.41, 5.74) is 1.89. The highest BCUT2D eigenvalue weighted by Crippen LogP contribution is 2.25. The molecule has 32 heavy (non-hydrogen) atoms. The number of rotatable bonds is 8. The largest absolute Gasteiger partial charge is 0.479 e. The maximum atomic E-state index is 12.7. The summed E-state index contributed by atoms with van der Waals surface area (Å²) >= 11 is 0. The van der Waals surface area contributed by atoms with Crippen molar-refractivity contribution in [2.75, 3.05) is 0 Å². The predicted molar refractivity (Wildman–Crippen MR) is 109 cm³/mol. The molecule has 0 aliphatic heterocycles. The zero-order valence-electron chi connectivity index (χ0n) is 16.8. The molecule has 3 aromatic heterocycles. The number of hydrogen-bond acceptors (Lipinski definition) is 9. The van der Waals surface area contributed by atoms with Gasteiger partial charge in [-0.15, -0.1) is 0 Å². The van der Waals surface area contributed by atoms with E-state index in [2.05, 4.69) is 30.2 Å².